The number of hydrogen-bond donors (Lipinski definition) is 1. The van der Waals surface area contributed by atoms with E-state index in [-0.39, 0.29) is 11.2 Å². The Morgan fingerprint density at radius 3 is 2.38 bits per heavy atom. The lowest BCUT2D eigenvalue weighted by atomic mass is 10.1. The average Bonchev–Trinajstić information content (AvgIpc) is 3.18. The summed E-state index contributed by atoms with van der Waals surface area (Å²) >= 11 is 0. The highest BCUT2D eigenvalue weighted by molar-refractivity contribution is 6.00. The fraction of sp³-hybridized carbons (Fsp3) is 0.368. The summed E-state index contributed by atoms with van der Waals surface area (Å²) in [7, 11) is 6.00. The molecule has 1 N–H and O–H groups in total. The molecular weight excluding hydrogens is 374 g/mol. The summed E-state index contributed by atoms with van der Waals surface area (Å²) < 4.78 is 4.87. The van der Waals surface area contributed by atoms with E-state index in [0.717, 1.165) is 24.5 Å². The average molecular weight is 397 g/mol. The van der Waals surface area contributed by atoms with Crippen molar-refractivity contribution < 1.29 is 9.55 Å². The van der Waals surface area contributed by atoms with Gasteiger partial charge in [0.15, 0.2) is 5.52 Å². The van der Waals surface area contributed by atoms with Crippen molar-refractivity contribution in [3.05, 3.63) is 40.4 Å². The second-order valence-electron chi connectivity index (χ2n) is 7.37. The summed E-state index contributed by atoms with van der Waals surface area (Å²) in [6.07, 6.45) is 0. The number of hydrogen-bond acceptors (Lipinski definition) is 9. The highest BCUT2D eigenvalue weighted by Crippen LogP contribution is 2.40. The fourth-order valence-electron chi connectivity index (χ4n) is 3.48. The van der Waals surface area contributed by atoms with Gasteiger partial charge in [0.1, 0.15) is 5.69 Å². The number of aromatic nitrogens is 2. The van der Waals surface area contributed by atoms with Crippen LogP contribution in [-0.4, -0.2) is 67.5 Å². The number of nitrogens with one attached hydrogen (secondary N) is 1. The van der Waals surface area contributed by atoms with E-state index in [0.29, 0.717) is 30.0 Å². The van der Waals surface area contributed by atoms with Crippen LogP contribution in [-0.2, 0) is 0 Å². The van der Waals surface area contributed by atoms with Crippen molar-refractivity contribution >= 4 is 39.5 Å². The molecule has 0 aliphatic carbocycles. The number of nitrogens with zero attached hydrogens (tertiary/aromatic N) is 6. The number of nitro groups is 1. The molecule has 1 aliphatic rings. The van der Waals surface area contributed by atoms with Crippen molar-refractivity contribution in [3.8, 4) is 0 Å². The maximum Gasteiger partial charge on any atom is 0.323 e. The van der Waals surface area contributed by atoms with Crippen molar-refractivity contribution in [1.82, 2.24) is 15.2 Å². The van der Waals surface area contributed by atoms with Gasteiger partial charge in [-0.2, -0.15) is 0 Å². The molecule has 0 amide bonds. The summed E-state index contributed by atoms with van der Waals surface area (Å²) in [6.45, 7) is 3.07. The van der Waals surface area contributed by atoms with E-state index in [2.05, 4.69) is 20.5 Å². The summed E-state index contributed by atoms with van der Waals surface area (Å²) in [4.78, 5) is 17.7. The summed E-state index contributed by atoms with van der Waals surface area (Å²) in [6, 6.07) is 9.66. The topological polar surface area (TPSA) is 104 Å². The van der Waals surface area contributed by atoms with Crippen molar-refractivity contribution in [1.29, 1.82) is 0 Å². The zero-order valence-electron chi connectivity index (χ0n) is 16.6. The molecule has 10 nitrogen and oxygen atoms in total. The van der Waals surface area contributed by atoms with E-state index in [9.17, 15) is 10.1 Å². The van der Waals surface area contributed by atoms with Crippen molar-refractivity contribution in [2.75, 3.05) is 62.4 Å². The lowest BCUT2D eigenvalue weighted by Gasteiger charge is -2.33. The Morgan fingerprint density at radius 2 is 1.76 bits per heavy atom. The molecular formula is C19H23N7O3. The SMILES string of the molecule is CN1CCN(c2cc(Nc3ccc(N(C)C)cc3)c3nonc3c2[N+](=O)[O-])CC1. The number of rotatable bonds is 5. The third kappa shape index (κ3) is 3.66. The second kappa shape index (κ2) is 7.55. The Balaban J connectivity index is 1.76. The Bertz CT molecular complexity index is 1020. The number of anilines is 4. The molecule has 1 fully saturated rings. The van der Waals surface area contributed by atoms with Crippen LogP contribution in [0.15, 0.2) is 35.0 Å². The molecule has 0 atom stereocenters. The van der Waals surface area contributed by atoms with E-state index >= 15 is 0 Å². The maximum absolute atomic E-state index is 11.8. The lowest BCUT2D eigenvalue weighted by molar-refractivity contribution is -0.382. The molecule has 0 bridgehead atoms. The third-order valence-corrected chi connectivity index (χ3v) is 5.18. The molecule has 0 unspecified atom stereocenters. The predicted octanol–water partition coefficient (Wildman–Crippen LogP) is 2.69. The van der Waals surface area contributed by atoms with Crippen LogP contribution < -0.4 is 15.1 Å². The van der Waals surface area contributed by atoms with Gasteiger partial charge in [-0.1, -0.05) is 0 Å². The Labute approximate surface area is 167 Å². The van der Waals surface area contributed by atoms with E-state index in [1.54, 1.807) is 6.07 Å². The van der Waals surface area contributed by atoms with Gasteiger partial charge in [0, 0.05) is 51.6 Å². The first-order chi connectivity index (χ1) is 13.9. The van der Waals surface area contributed by atoms with Crippen LogP contribution in [0.1, 0.15) is 0 Å². The number of nitro benzene ring substituents is 1. The molecule has 0 saturated carbocycles. The van der Waals surface area contributed by atoms with Crippen LogP contribution in [0.25, 0.3) is 11.0 Å². The number of fused-ring (bicyclic) bond motifs is 1. The van der Waals surface area contributed by atoms with Crippen LogP contribution in [0.2, 0.25) is 0 Å². The molecule has 1 aliphatic heterocycles. The van der Waals surface area contributed by atoms with Crippen molar-refractivity contribution in [2.45, 2.75) is 0 Å². The van der Waals surface area contributed by atoms with Crippen LogP contribution in [0.5, 0.6) is 0 Å². The van der Waals surface area contributed by atoms with Crippen molar-refractivity contribution in [2.24, 2.45) is 0 Å². The molecule has 4 rings (SSSR count). The van der Waals surface area contributed by atoms with Gasteiger partial charge < -0.3 is 20.0 Å². The van der Waals surface area contributed by atoms with Crippen molar-refractivity contribution in [3.63, 3.8) is 0 Å². The standard InChI is InChI=1S/C19H23N7O3/c1-23(2)14-6-4-13(5-7-14)20-15-12-16(25-10-8-24(3)9-11-25)19(26(27)28)18-17(15)21-29-22-18/h4-7,12,20H,8-11H2,1-3H3. The summed E-state index contributed by atoms with van der Waals surface area (Å²) in [5.41, 5.74) is 3.49. The van der Waals surface area contributed by atoms with Crippen LogP contribution in [0, 0.1) is 10.1 Å². The quantitative estimate of drug-likeness (QED) is 0.514. The monoisotopic (exact) mass is 397 g/mol. The largest absolute Gasteiger partial charge is 0.378 e. The number of likely N-dealkylation sites (N-methyl/N-ethyl adjacent to an activating group) is 1. The van der Waals surface area contributed by atoms with Gasteiger partial charge in [0.25, 0.3) is 0 Å². The van der Waals surface area contributed by atoms with Gasteiger partial charge in [0.2, 0.25) is 5.52 Å². The lowest BCUT2D eigenvalue weighted by Crippen LogP contribution is -2.44. The van der Waals surface area contributed by atoms with E-state index < -0.39 is 4.92 Å². The Hall–Kier alpha value is -3.40. The van der Waals surface area contributed by atoms with Gasteiger partial charge in [-0.05, 0) is 47.7 Å². The fourth-order valence-corrected chi connectivity index (χ4v) is 3.48. The van der Waals surface area contributed by atoms with Gasteiger partial charge in [-0.25, -0.2) is 4.63 Å². The molecule has 2 heterocycles. The van der Waals surface area contributed by atoms with E-state index in [1.807, 2.05) is 55.2 Å². The maximum atomic E-state index is 11.8. The van der Waals surface area contributed by atoms with Gasteiger partial charge in [-0.15, -0.1) is 0 Å². The first-order valence-electron chi connectivity index (χ1n) is 9.35. The number of benzene rings is 2. The smallest absolute Gasteiger partial charge is 0.323 e. The minimum atomic E-state index is -0.407. The first-order valence-corrected chi connectivity index (χ1v) is 9.35. The second-order valence-corrected chi connectivity index (χ2v) is 7.37. The molecule has 2 aromatic carbocycles. The molecule has 0 spiro atoms. The van der Waals surface area contributed by atoms with Gasteiger partial charge in [0.05, 0.1) is 10.6 Å². The normalized spacial score (nSPS) is 14.9. The molecule has 152 valence electrons. The van der Waals surface area contributed by atoms with Gasteiger partial charge in [-0.3, -0.25) is 10.1 Å². The van der Waals surface area contributed by atoms with Crippen LogP contribution in [0.3, 0.4) is 0 Å². The molecule has 0 radical (unpaired) electrons. The first kappa shape index (κ1) is 18.9. The summed E-state index contributed by atoms with van der Waals surface area (Å²) in [5.74, 6) is 0. The minimum Gasteiger partial charge on any atom is -0.378 e. The number of piperazine rings is 1. The molecule has 29 heavy (non-hydrogen) atoms. The van der Waals surface area contributed by atoms with Crippen LogP contribution >= 0.6 is 0 Å². The highest BCUT2D eigenvalue weighted by Gasteiger charge is 2.30. The molecule has 3 aromatic rings. The zero-order valence-corrected chi connectivity index (χ0v) is 16.6. The van der Waals surface area contributed by atoms with E-state index in [4.69, 9.17) is 4.63 Å². The summed E-state index contributed by atoms with van der Waals surface area (Å²) in [5, 5.41) is 22.9. The molecule has 1 aromatic heterocycles. The molecule has 1 saturated heterocycles. The van der Waals surface area contributed by atoms with Gasteiger partial charge >= 0.3 is 5.69 Å². The minimum absolute atomic E-state index is 0.0701. The van der Waals surface area contributed by atoms with E-state index in [1.165, 1.54) is 0 Å². The Morgan fingerprint density at radius 1 is 1.10 bits per heavy atom. The third-order valence-electron chi connectivity index (χ3n) is 5.18. The Kier molecular flexibility index (Phi) is 4.93. The zero-order chi connectivity index (χ0) is 20.5. The predicted molar refractivity (Wildman–Crippen MR) is 112 cm³/mol. The molecule has 10 heteroatoms. The highest BCUT2D eigenvalue weighted by atomic mass is 16.6. The van der Waals surface area contributed by atoms with Crippen LogP contribution in [0.4, 0.5) is 28.4 Å².